The van der Waals surface area contributed by atoms with Gasteiger partial charge < -0.3 is 9.47 Å². The SMILES string of the molecule is COc1ccc2c(c1)=c1ccccc1=c1ccc(OC)cc1=c1ccccc1=2. The van der Waals surface area contributed by atoms with Crippen LogP contribution in [-0.2, 0) is 0 Å². The van der Waals surface area contributed by atoms with Gasteiger partial charge in [0.15, 0.2) is 0 Å². The summed E-state index contributed by atoms with van der Waals surface area (Å²) in [6.07, 6.45) is 0. The van der Waals surface area contributed by atoms with Crippen molar-refractivity contribution in [3.05, 3.63) is 127 Å². The van der Waals surface area contributed by atoms with Crippen molar-refractivity contribution < 1.29 is 9.47 Å². The molecule has 28 heavy (non-hydrogen) atoms. The highest BCUT2D eigenvalue weighted by molar-refractivity contribution is 5.35. The van der Waals surface area contributed by atoms with Gasteiger partial charge in [-0.1, -0.05) is 60.7 Å². The average molecular weight is 364 g/mol. The molecule has 0 atom stereocenters. The third kappa shape index (κ3) is 2.49. The molecule has 0 N–H and O–H groups in total. The van der Waals surface area contributed by atoms with E-state index in [2.05, 4.69) is 72.8 Å². The molecule has 0 aliphatic heterocycles. The Hall–Kier alpha value is -3.52. The lowest BCUT2D eigenvalue weighted by Gasteiger charge is -2.05. The maximum atomic E-state index is 5.54. The van der Waals surface area contributed by atoms with Gasteiger partial charge in [0, 0.05) is 0 Å². The number of fused-ring (bicyclic) bond motifs is 4. The Balaban J connectivity index is 2.34. The Morgan fingerprint density at radius 3 is 1.07 bits per heavy atom. The van der Waals surface area contributed by atoms with Crippen LogP contribution in [-0.4, -0.2) is 14.2 Å². The van der Waals surface area contributed by atoms with Gasteiger partial charge in [0.2, 0.25) is 0 Å². The van der Waals surface area contributed by atoms with E-state index in [1.54, 1.807) is 14.2 Å². The Morgan fingerprint density at radius 1 is 0.393 bits per heavy atom. The summed E-state index contributed by atoms with van der Waals surface area (Å²) in [6, 6.07) is 29.8. The first-order chi connectivity index (χ1) is 13.8. The predicted molar refractivity (Wildman–Crippen MR) is 110 cm³/mol. The van der Waals surface area contributed by atoms with Crippen molar-refractivity contribution in [1.29, 1.82) is 0 Å². The maximum absolute atomic E-state index is 5.54. The summed E-state index contributed by atoms with van der Waals surface area (Å²) in [7, 11) is 3.43. The van der Waals surface area contributed by atoms with Crippen LogP contribution in [0.2, 0.25) is 0 Å². The average Bonchev–Trinajstić information content (AvgIpc) is 2.77. The van der Waals surface area contributed by atoms with E-state index in [0.717, 1.165) is 11.5 Å². The third-order valence-corrected chi connectivity index (χ3v) is 5.47. The summed E-state index contributed by atoms with van der Waals surface area (Å²) in [4.78, 5) is 0. The maximum Gasteiger partial charge on any atom is 0.119 e. The normalized spacial score (nSPS) is 11.2. The van der Waals surface area contributed by atoms with Gasteiger partial charge in [0.25, 0.3) is 0 Å². The standard InChI is InChI=1S/C26H20O2/c1-27-17-11-13-23-20-8-4-6-10-22(20)26-16-18(28-2)12-14-24(26)19-7-3-5-9-21(19)25(23)15-17/h3-16H,1-2H3. The molecule has 0 saturated heterocycles. The van der Waals surface area contributed by atoms with E-state index >= 15 is 0 Å². The number of ether oxygens (including phenoxy) is 2. The molecule has 0 aromatic heterocycles. The topological polar surface area (TPSA) is 18.5 Å². The van der Waals surface area contributed by atoms with Crippen LogP contribution in [0.15, 0.2) is 84.9 Å². The molecular weight excluding hydrogens is 344 g/mol. The molecule has 0 amide bonds. The van der Waals surface area contributed by atoms with Crippen molar-refractivity contribution in [3.8, 4) is 11.5 Å². The summed E-state index contributed by atoms with van der Waals surface area (Å²) in [6.45, 7) is 0. The second kappa shape index (κ2) is 6.58. The van der Waals surface area contributed by atoms with Crippen molar-refractivity contribution in [2.24, 2.45) is 0 Å². The number of rotatable bonds is 2. The van der Waals surface area contributed by atoms with E-state index < -0.39 is 0 Å². The first-order valence-electron chi connectivity index (χ1n) is 9.36. The lowest BCUT2D eigenvalue weighted by atomic mass is 10.0. The molecular formula is C26H20O2. The molecule has 1 aliphatic rings. The van der Waals surface area contributed by atoms with Gasteiger partial charge >= 0.3 is 0 Å². The van der Waals surface area contributed by atoms with Gasteiger partial charge in [-0.2, -0.15) is 0 Å². The zero-order valence-electron chi connectivity index (χ0n) is 15.9. The van der Waals surface area contributed by atoms with E-state index in [4.69, 9.17) is 9.47 Å². The zero-order chi connectivity index (χ0) is 19.1. The first kappa shape index (κ1) is 16.6. The molecule has 0 saturated carbocycles. The summed E-state index contributed by atoms with van der Waals surface area (Å²) in [5.41, 5.74) is 0. The summed E-state index contributed by atoms with van der Waals surface area (Å²) in [5, 5.41) is 9.62. The Kier molecular flexibility index (Phi) is 3.91. The van der Waals surface area contributed by atoms with Gasteiger partial charge in [-0.15, -0.1) is 0 Å². The molecule has 136 valence electrons. The molecule has 0 spiro atoms. The van der Waals surface area contributed by atoms with Crippen molar-refractivity contribution >= 4 is 0 Å². The molecule has 2 heteroatoms. The molecule has 1 aliphatic carbocycles. The first-order valence-corrected chi connectivity index (χ1v) is 9.36. The smallest absolute Gasteiger partial charge is 0.119 e. The van der Waals surface area contributed by atoms with Crippen LogP contribution in [0.5, 0.6) is 11.5 Å². The van der Waals surface area contributed by atoms with Crippen molar-refractivity contribution in [2.45, 2.75) is 0 Å². The molecule has 5 rings (SSSR count). The Morgan fingerprint density at radius 2 is 0.714 bits per heavy atom. The Bertz CT molecular complexity index is 1470. The second-order valence-electron chi connectivity index (χ2n) is 6.91. The fourth-order valence-electron chi connectivity index (χ4n) is 4.12. The highest BCUT2D eigenvalue weighted by Gasteiger charge is 2.03. The van der Waals surface area contributed by atoms with Gasteiger partial charge in [0.1, 0.15) is 11.5 Å². The fourth-order valence-corrected chi connectivity index (χ4v) is 4.12. The minimum absolute atomic E-state index is 0.863. The van der Waals surface area contributed by atoms with E-state index in [9.17, 15) is 0 Å². The molecule has 0 fully saturated rings. The van der Waals surface area contributed by atoms with Crippen LogP contribution in [0.3, 0.4) is 0 Å². The molecule has 4 aromatic rings. The van der Waals surface area contributed by atoms with E-state index in [0.29, 0.717) is 0 Å². The Labute approximate surface area is 162 Å². The van der Waals surface area contributed by atoms with Gasteiger partial charge in [0.05, 0.1) is 14.2 Å². The van der Waals surface area contributed by atoms with Crippen molar-refractivity contribution in [3.63, 3.8) is 0 Å². The van der Waals surface area contributed by atoms with Crippen LogP contribution >= 0.6 is 0 Å². The van der Waals surface area contributed by atoms with Crippen LogP contribution < -0.4 is 9.47 Å². The van der Waals surface area contributed by atoms with Gasteiger partial charge in [-0.25, -0.2) is 0 Å². The minimum atomic E-state index is 0.863. The third-order valence-electron chi connectivity index (χ3n) is 5.47. The van der Waals surface area contributed by atoms with Crippen molar-refractivity contribution in [1.82, 2.24) is 0 Å². The molecule has 0 bridgehead atoms. The number of hydrogen-bond donors (Lipinski definition) is 0. The fraction of sp³-hybridized carbons (Fsp3) is 0.0769. The molecule has 0 heterocycles. The number of hydrogen-bond acceptors (Lipinski definition) is 2. The summed E-state index contributed by atoms with van der Waals surface area (Å²) >= 11 is 0. The van der Waals surface area contributed by atoms with Gasteiger partial charge in [-0.05, 0) is 66.0 Å². The van der Waals surface area contributed by atoms with Crippen LogP contribution in [0.25, 0.3) is 0 Å². The second-order valence-corrected chi connectivity index (χ2v) is 6.91. The summed E-state index contributed by atoms with van der Waals surface area (Å²) < 4.78 is 11.1. The van der Waals surface area contributed by atoms with Crippen LogP contribution in [0.4, 0.5) is 0 Å². The lowest BCUT2D eigenvalue weighted by molar-refractivity contribution is 0.414. The zero-order valence-corrected chi connectivity index (χ0v) is 15.9. The molecule has 2 nitrogen and oxygen atoms in total. The summed E-state index contributed by atoms with van der Waals surface area (Å²) in [5.74, 6) is 1.73. The number of benzene rings is 4. The van der Waals surface area contributed by atoms with Gasteiger partial charge in [-0.3, -0.25) is 0 Å². The largest absolute Gasteiger partial charge is 0.497 e. The lowest BCUT2D eigenvalue weighted by Crippen LogP contribution is -1.92. The predicted octanol–water partition coefficient (Wildman–Crippen LogP) is 5.17. The van der Waals surface area contributed by atoms with E-state index in [1.165, 1.54) is 41.7 Å². The van der Waals surface area contributed by atoms with Crippen LogP contribution in [0, 0.1) is 41.7 Å². The highest BCUT2D eigenvalue weighted by Crippen LogP contribution is 2.19. The quantitative estimate of drug-likeness (QED) is 0.430. The molecule has 4 aromatic carbocycles. The van der Waals surface area contributed by atoms with E-state index in [-0.39, 0.29) is 0 Å². The molecule has 0 unspecified atom stereocenters. The monoisotopic (exact) mass is 364 g/mol. The van der Waals surface area contributed by atoms with Crippen LogP contribution in [0.1, 0.15) is 0 Å². The van der Waals surface area contributed by atoms with Crippen molar-refractivity contribution in [2.75, 3.05) is 14.2 Å². The minimum Gasteiger partial charge on any atom is -0.497 e. The highest BCUT2D eigenvalue weighted by atomic mass is 16.5. The number of methoxy groups -OCH3 is 2. The van der Waals surface area contributed by atoms with E-state index in [1.807, 2.05) is 12.1 Å². The molecule has 0 radical (unpaired) electrons.